The van der Waals surface area contributed by atoms with E-state index in [2.05, 4.69) is 5.32 Å². The average Bonchev–Trinajstić information content (AvgIpc) is 2.71. The number of rotatable bonds is 2. The van der Waals surface area contributed by atoms with Crippen molar-refractivity contribution in [2.45, 2.75) is 12.5 Å². The van der Waals surface area contributed by atoms with Gasteiger partial charge in [-0.3, -0.25) is 14.5 Å². The van der Waals surface area contributed by atoms with Crippen molar-refractivity contribution in [3.05, 3.63) is 47.0 Å². The summed E-state index contributed by atoms with van der Waals surface area (Å²) in [5.74, 6) is -0.517. The summed E-state index contributed by atoms with van der Waals surface area (Å²) in [6, 6.07) is 6.84. The maximum Gasteiger partial charge on any atom is 0.261 e. The molecule has 1 aromatic rings. The Hall–Kier alpha value is -1.98. The molecule has 0 aromatic heterocycles. The first-order valence-electron chi connectivity index (χ1n) is 6.71. The van der Waals surface area contributed by atoms with Crippen LogP contribution in [0.15, 0.2) is 35.9 Å². The summed E-state index contributed by atoms with van der Waals surface area (Å²) in [6.07, 6.45) is 2.01. The molecule has 2 N–H and O–H groups in total. The first-order chi connectivity index (χ1) is 9.68. The summed E-state index contributed by atoms with van der Waals surface area (Å²) in [4.78, 5) is 25.6. The molecule has 0 radical (unpaired) electrons. The minimum Gasteiger partial charge on any atom is -0.387 e. The number of aliphatic hydroxyl groups is 1. The lowest BCUT2D eigenvalue weighted by molar-refractivity contribution is 0.0670. The fourth-order valence-corrected chi connectivity index (χ4v) is 2.62. The SMILES string of the molecule is O=C1c2ccccc2C(=O)N1C/C=C1/CCNCC1O. The number of nitrogens with zero attached hydrogens (tertiary/aromatic N) is 1. The molecule has 20 heavy (non-hydrogen) atoms. The van der Waals surface area contributed by atoms with Crippen molar-refractivity contribution >= 4 is 11.8 Å². The van der Waals surface area contributed by atoms with Crippen LogP contribution in [0.2, 0.25) is 0 Å². The van der Waals surface area contributed by atoms with E-state index >= 15 is 0 Å². The van der Waals surface area contributed by atoms with Gasteiger partial charge in [-0.05, 0) is 30.7 Å². The minimum atomic E-state index is -0.529. The molecular formula is C15H16N2O3. The molecule has 0 aliphatic carbocycles. The highest BCUT2D eigenvalue weighted by Gasteiger charge is 2.34. The first kappa shape index (κ1) is 13.0. The molecule has 0 saturated carbocycles. The molecule has 1 fully saturated rings. The molecule has 3 rings (SSSR count). The molecule has 0 spiro atoms. The number of nitrogens with one attached hydrogen (secondary N) is 1. The zero-order valence-corrected chi connectivity index (χ0v) is 11.0. The number of amides is 2. The van der Waals surface area contributed by atoms with Gasteiger partial charge in [0.15, 0.2) is 0 Å². The fourth-order valence-electron chi connectivity index (χ4n) is 2.62. The fraction of sp³-hybridized carbons (Fsp3) is 0.333. The van der Waals surface area contributed by atoms with Crippen LogP contribution in [0.1, 0.15) is 27.1 Å². The lowest BCUT2D eigenvalue weighted by Crippen LogP contribution is -2.36. The number of hydrogen-bond acceptors (Lipinski definition) is 4. The molecule has 1 aromatic carbocycles. The Morgan fingerprint density at radius 1 is 1.25 bits per heavy atom. The molecule has 1 atom stereocenters. The van der Waals surface area contributed by atoms with E-state index in [-0.39, 0.29) is 18.4 Å². The second-order valence-corrected chi connectivity index (χ2v) is 5.02. The molecule has 1 saturated heterocycles. The van der Waals surface area contributed by atoms with Gasteiger partial charge in [-0.2, -0.15) is 0 Å². The third-order valence-electron chi connectivity index (χ3n) is 3.77. The van der Waals surface area contributed by atoms with Gasteiger partial charge in [-0.15, -0.1) is 0 Å². The number of aliphatic hydroxyl groups excluding tert-OH is 1. The molecule has 2 aliphatic rings. The van der Waals surface area contributed by atoms with Crippen LogP contribution in [-0.4, -0.2) is 47.6 Å². The van der Waals surface area contributed by atoms with Crippen molar-refractivity contribution in [3.8, 4) is 0 Å². The lowest BCUT2D eigenvalue weighted by Gasteiger charge is -2.22. The second-order valence-electron chi connectivity index (χ2n) is 5.02. The molecule has 5 nitrogen and oxygen atoms in total. The zero-order chi connectivity index (χ0) is 14.1. The van der Waals surface area contributed by atoms with Crippen molar-refractivity contribution in [2.75, 3.05) is 19.6 Å². The largest absolute Gasteiger partial charge is 0.387 e. The van der Waals surface area contributed by atoms with Gasteiger partial charge in [0.2, 0.25) is 0 Å². The van der Waals surface area contributed by atoms with Gasteiger partial charge in [0.25, 0.3) is 11.8 Å². The summed E-state index contributed by atoms with van der Waals surface area (Å²) < 4.78 is 0. The summed E-state index contributed by atoms with van der Waals surface area (Å²) in [6.45, 7) is 1.55. The Bertz CT molecular complexity index is 560. The van der Waals surface area contributed by atoms with E-state index in [0.717, 1.165) is 18.5 Å². The van der Waals surface area contributed by atoms with Gasteiger partial charge in [-0.25, -0.2) is 0 Å². The Balaban J connectivity index is 1.78. The van der Waals surface area contributed by atoms with Gasteiger partial charge < -0.3 is 10.4 Å². The smallest absolute Gasteiger partial charge is 0.261 e. The maximum atomic E-state index is 12.2. The van der Waals surface area contributed by atoms with Gasteiger partial charge in [0.1, 0.15) is 0 Å². The topological polar surface area (TPSA) is 69.6 Å². The number of piperidine rings is 1. The highest BCUT2D eigenvalue weighted by atomic mass is 16.3. The molecule has 104 valence electrons. The highest BCUT2D eigenvalue weighted by molar-refractivity contribution is 6.21. The molecule has 2 heterocycles. The quantitative estimate of drug-likeness (QED) is 0.610. The van der Waals surface area contributed by atoms with Crippen molar-refractivity contribution in [1.29, 1.82) is 0 Å². The summed E-state index contributed by atoms with van der Waals surface area (Å²) in [5, 5.41) is 12.9. The maximum absolute atomic E-state index is 12.2. The molecule has 1 unspecified atom stereocenters. The van der Waals surface area contributed by atoms with E-state index in [4.69, 9.17) is 0 Å². The van der Waals surface area contributed by atoms with Crippen LogP contribution >= 0.6 is 0 Å². The Morgan fingerprint density at radius 3 is 2.50 bits per heavy atom. The van der Waals surface area contributed by atoms with Crippen LogP contribution in [0.5, 0.6) is 0 Å². The number of carbonyl (C=O) groups is 2. The monoisotopic (exact) mass is 272 g/mol. The van der Waals surface area contributed by atoms with E-state index < -0.39 is 6.10 Å². The number of β-amino-alcohol motifs (C(OH)–C–C–N with tert-alkyl or cyclic N) is 1. The van der Waals surface area contributed by atoms with E-state index in [1.165, 1.54) is 4.90 Å². The number of carbonyl (C=O) groups excluding carboxylic acids is 2. The Labute approximate surface area is 116 Å². The van der Waals surface area contributed by atoms with E-state index in [1.54, 1.807) is 30.3 Å². The molecule has 5 heteroatoms. The normalized spacial score (nSPS) is 24.4. The van der Waals surface area contributed by atoms with E-state index in [1.807, 2.05) is 0 Å². The van der Waals surface area contributed by atoms with Gasteiger partial charge in [0, 0.05) is 13.1 Å². The van der Waals surface area contributed by atoms with Gasteiger partial charge >= 0.3 is 0 Å². The first-order valence-corrected chi connectivity index (χ1v) is 6.71. The van der Waals surface area contributed by atoms with Gasteiger partial charge in [0.05, 0.1) is 17.2 Å². The third kappa shape index (κ3) is 2.15. The van der Waals surface area contributed by atoms with Crippen molar-refractivity contribution in [2.24, 2.45) is 0 Å². The predicted octanol–water partition coefficient (Wildman–Crippen LogP) is 0.563. The standard InChI is InChI=1S/C15H16N2O3/c18-13-9-16-7-5-10(13)6-8-17-14(19)11-3-1-2-4-12(11)15(17)20/h1-4,6,13,16,18H,5,7-9H2/b10-6-. The number of benzene rings is 1. The van der Waals surface area contributed by atoms with Gasteiger partial charge in [-0.1, -0.05) is 18.2 Å². The summed E-state index contributed by atoms with van der Waals surface area (Å²) in [7, 11) is 0. The summed E-state index contributed by atoms with van der Waals surface area (Å²) >= 11 is 0. The van der Waals surface area contributed by atoms with Crippen molar-refractivity contribution < 1.29 is 14.7 Å². The zero-order valence-electron chi connectivity index (χ0n) is 11.0. The number of imide groups is 1. The third-order valence-corrected chi connectivity index (χ3v) is 3.77. The Morgan fingerprint density at radius 2 is 1.90 bits per heavy atom. The predicted molar refractivity (Wildman–Crippen MR) is 73.4 cm³/mol. The molecular weight excluding hydrogens is 256 g/mol. The van der Waals surface area contributed by atoms with Crippen LogP contribution in [-0.2, 0) is 0 Å². The van der Waals surface area contributed by atoms with Crippen molar-refractivity contribution in [3.63, 3.8) is 0 Å². The number of hydrogen-bond donors (Lipinski definition) is 2. The van der Waals surface area contributed by atoms with Crippen LogP contribution in [0.3, 0.4) is 0 Å². The summed E-state index contributed by atoms with van der Waals surface area (Å²) in [5.41, 5.74) is 1.81. The molecule has 0 bridgehead atoms. The Kier molecular flexibility index (Phi) is 3.38. The average molecular weight is 272 g/mol. The minimum absolute atomic E-state index is 0.221. The second kappa shape index (κ2) is 5.19. The van der Waals surface area contributed by atoms with E-state index in [9.17, 15) is 14.7 Å². The van der Waals surface area contributed by atoms with Crippen LogP contribution in [0.25, 0.3) is 0 Å². The number of fused-ring (bicyclic) bond motifs is 1. The van der Waals surface area contributed by atoms with Crippen LogP contribution in [0, 0.1) is 0 Å². The van der Waals surface area contributed by atoms with Crippen molar-refractivity contribution in [1.82, 2.24) is 10.2 Å². The molecule has 2 aliphatic heterocycles. The lowest BCUT2D eigenvalue weighted by atomic mass is 10.0. The molecule has 2 amide bonds. The highest BCUT2D eigenvalue weighted by Crippen LogP contribution is 2.22. The van der Waals surface area contributed by atoms with Crippen LogP contribution in [0.4, 0.5) is 0 Å². The van der Waals surface area contributed by atoms with E-state index in [0.29, 0.717) is 17.7 Å². The van der Waals surface area contributed by atoms with Crippen LogP contribution < -0.4 is 5.32 Å².